The van der Waals surface area contributed by atoms with Crippen LogP contribution in [-0.4, -0.2) is 31.6 Å². The quantitative estimate of drug-likeness (QED) is 0.364. The topological polar surface area (TPSA) is 12.5 Å². The van der Waals surface area contributed by atoms with Gasteiger partial charge >= 0.3 is 0 Å². The third-order valence-corrected chi connectivity index (χ3v) is 6.89. The Morgan fingerprint density at radius 2 is 1.55 bits per heavy atom. The number of methoxy groups -OCH3 is 1. The summed E-state index contributed by atoms with van der Waals surface area (Å²) in [7, 11) is 1.89. The zero-order chi connectivity index (χ0) is 21.6. The van der Waals surface area contributed by atoms with E-state index in [1.54, 1.807) is 0 Å². The van der Waals surface area contributed by atoms with E-state index < -0.39 is 0 Å². The van der Waals surface area contributed by atoms with Crippen LogP contribution in [0.4, 0.5) is 0 Å². The molecule has 2 atom stereocenters. The van der Waals surface area contributed by atoms with Gasteiger partial charge in [-0.1, -0.05) is 68.4 Å². The maximum Gasteiger partial charge on any atom is 0.0852 e. The summed E-state index contributed by atoms with van der Waals surface area (Å²) in [6.07, 6.45) is 6.29. The molecule has 0 spiro atoms. The van der Waals surface area contributed by atoms with Crippen LogP contribution in [0.3, 0.4) is 0 Å². The number of rotatable bonds is 9. The highest BCUT2D eigenvalue weighted by atomic mass is 16.5. The van der Waals surface area contributed by atoms with Crippen LogP contribution in [0.5, 0.6) is 0 Å². The van der Waals surface area contributed by atoms with Gasteiger partial charge in [-0.05, 0) is 96.7 Å². The van der Waals surface area contributed by atoms with E-state index in [1.165, 1.54) is 78.3 Å². The standard InChI is InChI=1S/C29H37NO/c1-4-17-30(18-5-2)19-16-23-11-13-27-21-26(14-15-28(27)29(23)31-3)25-12-10-22-8-6-7-9-24(22)20-25/h6-10,12,14-15,20-21,23,29H,4-5,11,13,16-19H2,1-3H3. The Kier molecular flexibility index (Phi) is 7.42. The van der Waals surface area contributed by atoms with Gasteiger partial charge in [0.2, 0.25) is 0 Å². The first-order valence-electron chi connectivity index (χ1n) is 12.1. The molecular weight excluding hydrogens is 378 g/mol. The minimum Gasteiger partial charge on any atom is -0.376 e. The van der Waals surface area contributed by atoms with Crippen molar-refractivity contribution in [1.29, 1.82) is 0 Å². The van der Waals surface area contributed by atoms with Crippen LogP contribution >= 0.6 is 0 Å². The Labute approximate surface area is 188 Å². The summed E-state index contributed by atoms with van der Waals surface area (Å²) in [5, 5.41) is 2.60. The predicted octanol–water partition coefficient (Wildman–Crippen LogP) is 7.27. The summed E-state index contributed by atoms with van der Waals surface area (Å²) in [4.78, 5) is 2.63. The van der Waals surface area contributed by atoms with Crippen LogP contribution in [0, 0.1) is 5.92 Å². The molecular formula is C29H37NO. The molecule has 0 saturated carbocycles. The van der Waals surface area contributed by atoms with Crippen LogP contribution in [0.2, 0.25) is 0 Å². The van der Waals surface area contributed by atoms with Crippen molar-refractivity contribution < 1.29 is 4.74 Å². The van der Waals surface area contributed by atoms with Crippen molar-refractivity contribution in [1.82, 2.24) is 4.90 Å². The Morgan fingerprint density at radius 3 is 2.29 bits per heavy atom. The van der Waals surface area contributed by atoms with Gasteiger partial charge < -0.3 is 9.64 Å². The number of benzene rings is 3. The van der Waals surface area contributed by atoms with Crippen molar-refractivity contribution in [3.8, 4) is 11.1 Å². The number of fused-ring (bicyclic) bond motifs is 2. The number of nitrogens with zero attached hydrogens (tertiary/aromatic N) is 1. The molecule has 4 rings (SSSR count). The zero-order valence-electron chi connectivity index (χ0n) is 19.4. The maximum atomic E-state index is 6.07. The molecule has 0 amide bonds. The molecule has 2 heteroatoms. The van der Waals surface area contributed by atoms with Gasteiger partial charge in [0.05, 0.1) is 6.10 Å². The first-order valence-corrected chi connectivity index (χ1v) is 12.1. The van der Waals surface area contributed by atoms with Crippen molar-refractivity contribution in [2.45, 2.75) is 52.1 Å². The minimum atomic E-state index is 0.222. The highest BCUT2D eigenvalue weighted by Crippen LogP contribution is 2.40. The summed E-state index contributed by atoms with van der Waals surface area (Å²) in [6.45, 7) is 8.18. The molecule has 2 nitrogen and oxygen atoms in total. The molecule has 2 unspecified atom stereocenters. The molecule has 0 heterocycles. The number of aryl methyl sites for hydroxylation is 1. The smallest absolute Gasteiger partial charge is 0.0852 e. The van der Waals surface area contributed by atoms with Gasteiger partial charge in [-0.15, -0.1) is 0 Å². The van der Waals surface area contributed by atoms with E-state index in [2.05, 4.69) is 79.4 Å². The van der Waals surface area contributed by atoms with Crippen LogP contribution in [0.25, 0.3) is 21.9 Å². The van der Waals surface area contributed by atoms with Crippen molar-refractivity contribution in [3.63, 3.8) is 0 Å². The lowest BCUT2D eigenvalue weighted by molar-refractivity contribution is 0.0324. The van der Waals surface area contributed by atoms with Gasteiger partial charge in [0.25, 0.3) is 0 Å². The maximum absolute atomic E-state index is 6.07. The van der Waals surface area contributed by atoms with E-state index >= 15 is 0 Å². The van der Waals surface area contributed by atoms with Crippen LogP contribution in [0.15, 0.2) is 60.7 Å². The number of hydrogen-bond acceptors (Lipinski definition) is 2. The molecule has 0 radical (unpaired) electrons. The summed E-state index contributed by atoms with van der Waals surface area (Å²) < 4.78 is 6.07. The number of hydrogen-bond donors (Lipinski definition) is 0. The second-order valence-corrected chi connectivity index (χ2v) is 9.06. The summed E-state index contributed by atoms with van der Waals surface area (Å²) in [6, 6.07) is 22.4. The Morgan fingerprint density at radius 1 is 0.839 bits per heavy atom. The first-order chi connectivity index (χ1) is 15.2. The summed E-state index contributed by atoms with van der Waals surface area (Å²) >= 11 is 0. The average Bonchev–Trinajstić information content (AvgIpc) is 2.81. The normalized spacial score (nSPS) is 18.5. The van der Waals surface area contributed by atoms with Crippen molar-refractivity contribution in [2.24, 2.45) is 5.92 Å². The largest absolute Gasteiger partial charge is 0.376 e. The highest BCUT2D eigenvalue weighted by molar-refractivity contribution is 5.87. The van der Waals surface area contributed by atoms with E-state index in [0.29, 0.717) is 5.92 Å². The van der Waals surface area contributed by atoms with Crippen molar-refractivity contribution >= 4 is 10.8 Å². The Balaban J connectivity index is 1.52. The molecule has 0 saturated heterocycles. The van der Waals surface area contributed by atoms with E-state index in [0.717, 1.165) is 6.42 Å². The Bertz CT molecular complexity index is 989. The van der Waals surface area contributed by atoms with Gasteiger partial charge in [-0.3, -0.25) is 0 Å². The zero-order valence-corrected chi connectivity index (χ0v) is 19.4. The molecule has 164 valence electrons. The molecule has 1 aliphatic rings. The highest BCUT2D eigenvalue weighted by Gasteiger charge is 2.30. The van der Waals surface area contributed by atoms with Crippen LogP contribution in [-0.2, 0) is 11.2 Å². The molecule has 0 fully saturated rings. The number of ether oxygens (including phenoxy) is 1. The van der Waals surface area contributed by atoms with Gasteiger partial charge in [0.1, 0.15) is 0 Å². The third-order valence-electron chi connectivity index (χ3n) is 6.89. The lowest BCUT2D eigenvalue weighted by Crippen LogP contribution is -2.31. The fourth-order valence-electron chi connectivity index (χ4n) is 5.33. The van der Waals surface area contributed by atoms with E-state index in [9.17, 15) is 0 Å². The van der Waals surface area contributed by atoms with Gasteiger partial charge in [0.15, 0.2) is 0 Å². The van der Waals surface area contributed by atoms with Gasteiger partial charge in [-0.2, -0.15) is 0 Å². The first kappa shape index (κ1) is 22.0. The van der Waals surface area contributed by atoms with Gasteiger partial charge in [-0.25, -0.2) is 0 Å². The molecule has 0 bridgehead atoms. The molecule has 31 heavy (non-hydrogen) atoms. The lowest BCUT2D eigenvalue weighted by atomic mass is 9.78. The lowest BCUT2D eigenvalue weighted by Gasteiger charge is -2.34. The van der Waals surface area contributed by atoms with Crippen LogP contribution in [0.1, 0.15) is 56.8 Å². The molecule has 3 aromatic rings. The monoisotopic (exact) mass is 415 g/mol. The molecule has 0 aliphatic heterocycles. The summed E-state index contributed by atoms with van der Waals surface area (Å²) in [5.41, 5.74) is 5.48. The average molecular weight is 416 g/mol. The second kappa shape index (κ2) is 10.4. The van der Waals surface area contributed by atoms with Crippen molar-refractivity contribution in [2.75, 3.05) is 26.7 Å². The molecule has 0 N–H and O–H groups in total. The fraction of sp³-hybridized carbons (Fsp3) is 0.448. The third kappa shape index (κ3) is 5.02. The molecule has 1 aliphatic carbocycles. The predicted molar refractivity (Wildman–Crippen MR) is 133 cm³/mol. The van der Waals surface area contributed by atoms with E-state index in [4.69, 9.17) is 4.74 Å². The fourth-order valence-corrected chi connectivity index (χ4v) is 5.33. The second-order valence-electron chi connectivity index (χ2n) is 9.06. The summed E-state index contributed by atoms with van der Waals surface area (Å²) in [5.74, 6) is 0.611. The van der Waals surface area contributed by atoms with Crippen LogP contribution < -0.4 is 0 Å². The SMILES string of the molecule is CCCN(CCC)CCC1CCc2cc(-c3ccc4ccccc4c3)ccc2C1OC. The Hall–Kier alpha value is -2.16. The molecule has 3 aromatic carbocycles. The minimum absolute atomic E-state index is 0.222. The van der Waals surface area contributed by atoms with Gasteiger partial charge in [0, 0.05) is 7.11 Å². The molecule has 0 aromatic heterocycles. The van der Waals surface area contributed by atoms with E-state index in [1.807, 2.05) is 7.11 Å². The van der Waals surface area contributed by atoms with E-state index in [-0.39, 0.29) is 6.10 Å². The van der Waals surface area contributed by atoms with Crippen molar-refractivity contribution in [3.05, 3.63) is 71.8 Å².